The minimum absolute atomic E-state index is 0.198. The molecule has 0 N–H and O–H groups in total. The number of halogens is 2. The van der Waals surface area contributed by atoms with Crippen LogP contribution in [0.5, 0.6) is 0 Å². The fraction of sp³-hybridized carbons (Fsp3) is 0.818. The van der Waals surface area contributed by atoms with Crippen molar-refractivity contribution in [3.63, 3.8) is 0 Å². The first-order chi connectivity index (χ1) is 19.9. The topological polar surface area (TPSA) is 55.4 Å². The molecule has 0 unspecified atom stereocenters. The summed E-state index contributed by atoms with van der Waals surface area (Å²) in [6.07, 6.45) is 6.18. The van der Waals surface area contributed by atoms with Crippen LogP contribution in [-0.4, -0.2) is 56.9 Å². The van der Waals surface area contributed by atoms with Gasteiger partial charge in [-0.25, -0.2) is 0 Å². The second kappa shape index (κ2) is 17.9. The summed E-state index contributed by atoms with van der Waals surface area (Å²) in [5.41, 5.74) is 2.98. The van der Waals surface area contributed by atoms with E-state index in [-0.39, 0.29) is 24.2 Å². The van der Waals surface area contributed by atoms with Gasteiger partial charge in [-0.3, -0.25) is 0 Å². The maximum absolute atomic E-state index is 7.24. The standard InChI is InChI=1S/C33H54BrClO6/c1-7-11-15-36-28(23(5)6)30-29(37-16-12-8-2)31(38-17-13-9-3)32(39-18-14-10-4)33(41-30)26-19-24(21-34)27(35)20-25(26)22-40-33/h19-20,23,28-32H,7-18,21-22H2,1-6H3/t28-,29-,30-,31+,32-,33+/m1/s1. The van der Waals surface area contributed by atoms with Gasteiger partial charge in [0, 0.05) is 42.3 Å². The average Bonchev–Trinajstić information content (AvgIpc) is 3.30. The quantitative estimate of drug-likeness (QED) is 0.109. The molecule has 6 nitrogen and oxygen atoms in total. The molecule has 8 heteroatoms. The Bertz CT molecular complexity index is 901. The van der Waals surface area contributed by atoms with E-state index in [1.54, 1.807) is 0 Å². The van der Waals surface area contributed by atoms with Crippen molar-refractivity contribution in [2.45, 2.75) is 141 Å². The van der Waals surface area contributed by atoms with Gasteiger partial charge in [0.15, 0.2) is 0 Å². The van der Waals surface area contributed by atoms with Crippen molar-refractivity contribution >= 4 is 27.5 Å². The van der Waals surface area contributed by atoms with Crippen molar-refractivity contribution in [2.24, 2.45) is 5.92 Å². The molecule has 0 radical (unpaired) electrons. The first-order valence-corrected chi connectivity index (χ1v) is 17.5. The van der Waals surface area contributed by atoms with Crippen LogP contribution in [0.2, 0.25) is 5.02 Å². The Kier molecular flexibility index (Phi) is 15.4. The predicted molar refractivity (Wildman–Crippen MR) is 169 cm³/mol. The Morgan fingerprint density at radius 3 is 2.05 bits per heavy atom. The monoisotopic (exact) mass is 660 g/mol. The van der Waals surface area contributed by atoms with Crippen molar-refractivity contribution in [2.75, 3.05) is 26.4 Å². The molecule has 2 heterocycles. The largest absolute Gasteiger partial charge is 0.375 e. The van der Waals surface area contributed by atoms with Crippen LogP contribution in [0.15, 0.2) is 12.1 Å². The minimum atomic E-state index is -1.15. The van der Waals surface area contributed by atoms with Crippen molar-refractivity contribution in [1.29, 1.82) is 0 Å². The van der Waals surface area contributed by atoms with E-state index >= 15 is 0 Å². The van der Waals surface area contributed by atoms with E-state index in [0.717, 1.165) is 73.1 Å². The molecule has 0 aromatic heterocycles. The van der Waals surface area contributed by atoms with Crippen LogP contribution in [0.4, 0.5) is 0 Å². The first kappa shape index (κ1) is 35.2. The van der Waals surface area contributed by atoms with Gasteiger partial charge in [0.05, 0.1) is 12.7 Å². The smallest absolute Gasteiger partial charge is 0.225 e. The number of alkyl halides is 1. The third kappa shape index (κ3) is 8.69. The summed E-state index contributed by atoms with van der Waals surface area (Å²) in [5.74, 6) is -0.956. The highest BCUT2D eigenvalue weighted by Gasteiger charge is 2.62. The summed E-state index contributed by atoms with van der Waals surface area (Å²) >= 11 is 10.3. The molecule has 1 spiro atoms. The van der Waals surface area contributed by atoms with Crippen molar-refractivity contribution in [3.8, 4) is 0 Å². The van der Waals surface area contributed by atoms with Gasteiger partial charge in [0.1, 0.15) is 24.4 Å². The van der Waals surface area contributed by atoms with Crippen LogP contribution in [0.3, 0.4) is 0 Å². The number of benzene rings is 1. The SMILES string of the molecule is CCCCO[C@@H]1[C@@H]([C@H](OCCCC)C(C)C)O[C@]2(OCc3cc(Cl)c(CBr)cc32)[C@H](OCCCC)[C@H]1OCCCC. The molecule has 0 amide bonds. The lowest BCUT2D eigenvalue weighted by molar-refractivity contribution is -0.392. The van der Waals surface area contributed by atoms with E-state index in [2.05, 4.69) is 63.5 Å². The molecule has 41 heavy (non-hydrogen) atoms. The summed E-state index contributed by atoms with van der Waals surface area (Å²) in [4.78, 5) is 0. The molecular formula is C33H54BrClO6. The number of hydrogen-bond acceptors (Lipinski definition) is 6. The lowest BCUT2D eigenvalue weighted by atomic mass is 9.83. The first-order valence-electron chi connectivity index (χ1n) is 16.0. The molecule has 2 aliphatic rings. The Balaban J connectivity index is 2.16. The van der Waals surface area contributed by atoms with Gasteiger partial charge in [0.25, 0.3) is 0 Å². The van der Waals surface area contributed by atoms with Crippen LogP contribution in [0.25, 0.3) is 0 Å². The fourth-order valence-electron chi connectivity index (χ4n) is 5.66. The van der Waals surface area contributed by atoms with Gasteiger partial charge in [-0.15, -0.1) is 0 Å². The molecule has 6 atom stereocenters. The summed E-state index contributed by atoms with van der Waals surface area (Å²) in [7, 11) is 0. The summed E-state index contributed by atoms with van der Waals surface area (Å²) in [5, 5.41) is 1.35. The highest BCUT2D eigenvalue weighted by atomic mass is 79.9. The van der Waals surface area contributed by atoms with E-state index in [4.69, 9.17) is 40.0 Å². The maximum atomic E-state index is 7.24. The predicted octanol–water partition coefficient (Wildman–Crippen LogP) is 8.71. The fourth-order valence-corrected chi connectivity index (χ4v) is 6.53. The van der Waals surface area contributed by atoms with E-state index in [9.17, 15) is 0 Å². The number of unbranched alkanes of at least 4 members (excludes halogenated alkanes) is 4. The molecule has 0 bridgehead atoms. The lowest BCUT2D eigenvalue weighted by Crippen LogP contribution is -2.68. The molecule has 2 aliphatic heterocycles. The van der Waals surface area contributed by atoms with Crippen molar-refractivity contribution in [3.05, 3.63) is 33.8 Å². The van der Waals surface area contributed by atoms with E-state index in [0.29, 0.717) is 38.4 Å². The second-order valence-corrected chi connectivity index (χ2v) is 12.7. The third-order valence-electron chi connectivity index (χ3n) is 8.07. The molecule has 1 aromatic rings. The van der Waals surface area contributed by atoms with E-state index < -0.39 is 18.0 Å². The highest BCUT2D eigenvalue weighted by Crippen LogP contribution is 2.50. The zero-order chi connectivity index (χ0) is 29.8. The Morgan fingerprint density at radius 1 is 0.878 bits per heavy atom. The van der Waals surface area contributed by atoms with Crippen LogP contribution in [0, 0.1) is 5.92 Å². The summed E-state index contributed by atoms with van der Waals surface area (Å²) in [6, 6.07) is 4.13. The van der Waals surface area contributed by atoms with Crippen molar-refractivity contribution in [1.82, 2.24) is 0 Å². The van der Waals surface area contributed by atoms with E-state index in [1.807, 2.05) is 6.07 Å². The molecule has 1 aromatic carbocycles. The molecule has 3 rings (SSSR count). The Hall–Kier alpha value is -0.250. The highest BCUT2D eigenvalue weighted by molar-refractivity contribution is 9.08. The molecule has 1 fully saturated rings. The Morgan fingerprint density at radius 2 is 1.46 bits per heavy atom. The van der Waals surface area contributed by atoms with Gasteiger partial charge < -0.3 is 28.4 Å². The minimum Gasteiger partial charge on any atom is -0.375 e. The Labute approximate surface area is 262 Å². The zero-order valence-corrected chi connectivity index (χ0v) is 28.6. The summed E-state index contributed by atoms with van der Waals surface area (Å²) < 4.78 is 40.8. The van der Waals surface area contributed by atoms with Gasteiger partial charge >= 0.3 is 0 Å². The van der Waals surface area contributed by atoms with Gasteiger partial charge in [0.2, 0.25) is 5.79 Å². The number of ether oxygens (including phenoxy) is 6. The van der Waals surface area contributed by atoms with Crippen LogP contribution in [-0.2, 0) is 46.1 Å². The number of hydrogen-bond donors (Lipinski definition) is 0. The van der Waals surface area contributed by atoms with Crippen LogP contribution in [0.1, 0.15) is 110 Å². The molecule has 236 valence electrons. The number of rotatable bonds is 19. The maximum Gasteiger partial charge on any atom is 0.225 e. The van der Waals surface area contributed by atoms with Gasteiger partial charge in [-0.2, -0.15) is 0 Å². The molecule has 0 saturated carbocycles. The molecular weight excluding hydrogens is 608 g/mol. The average molecular weight is 662 g/mol. The third-order valence-corrected chi connectivity index (χ3v) is 9.02. The van der Waals surface area contributed by atoms with Crippen molar-refractivity contribution < 1.29 is 28.4 Å². The van der Waals surface area contributed by atoms with Crippen LogP contribution >= 0.6 is 27.5 Å². The van der Waals surface area contributed by atoms with Gasteiger partial charge in [-0.1, -0.05) is 94.8 Å². The molecule has 0 aliphatic carbocycles. The molecule has 1 saturated heterocycles. The normalized spacial score (nSPS) is 26.7. The van der Waals surface area contributed by atoms with Crippen LogP contribution < -0.4 is 0 Å². The summed E-state index contributed by atoms with van der Waals surface area (Å²) in [6.45, 7) is 16.0. The lowest BCUT2D eigenvalue weighted by Gasteiger charge is -2.53. The van der Waals surface area contributed by atoms with Gasteiger partial charge in [-0.05, 0) is 54.9 Å². The zero-order valence-electron chi connectivity index (χ0n) is 26.2. The number of fused-ring (bicyclic) bond motifs is 2. The second-order valence-electron chi connectivity index (χ2n) is 11.7. The van der Waals surface area contributed by atoms with E-state index in [1.165, 1.54) is 0 Å².